The van der Waals surface area contributed by atoms with Gasteiger partial charge in [-0.05, 0) is 37.9 Å². The van der Waals surface area contributed by atoms with Crippen LogP contribution in [0.2, 0.25) is 0 Å². The first-order valence-corrected chi connectivity index (χ1v) is 6.23. The molecule has 0 spiro atoms. The standard InChI is InChI=1S/C14H22N2O/c1-3-12(8-7-11-15)14(17)16(2)13-9-5-4-6-10-13/h4-6,9-10,12H,3,7-8,11,15H2,1-2H3. The number of benzene rings is 1. The largest absolute Gasteiger partial charge is 0.330 e. The number of rotatable bonds is 6. The Labute approximate surface area is 104 Å². The number of anilines is 1. The molecule has 0 aliphatic carbocycles. The zero-order valence-electron chi connectivity index (χ0n) is 10.7. The summed E-state index contributed by atoms with van der Waals surface area (Å²) in [5, 5.41) is 0. The van der Waals surface area contributed by atoms with Crippen LogP contribution < -0.4 is 10.6 Å². The molecule has 0 heterocycles. The highest BCUT2D eigenvalue weighted by Gasteiger charge is 2.20. The Morgan fingerprint density at radius 1 is 1.35 bits per heavy atom. The SMILES string of the molecule is CCC(CCCN)C(=O)N(C)c1ccccc1. The quantitative estimate of drug-likeness (QED) is 0.821. The molecule has 0 aliphatic heterocycles. The Hall–Kier alpha value is -1.35. The van der Waals surface area contributed by atoms with Gasteiger partial charge in [0.25, 0.3) is 0 Å². The molecular formula is C14H22N2O. The lowest BCUT2D eigenvalue weighted by molar-refractivity contribution is -0.122. The van der Waals surface area contributed by atoms with Gasteiger partial charge in [-0.1, -0.05) is 25.1 Å². The van der Waals surface area contributed by atoms with Crippen LogP contribution in [0.15, 0.2) is 30.3 Å². The van der Waals surface area contributed by atoms with Crippen LogP contribution in [0.3, 0.4) is 0 Å². The average Bonchev–Trinajstić information content (AvgIpc) is 2.39. The van der Waals surface area contributed by atoms with Crippen LogP contribution in [0.5, 0.6) is 0 Å². The smallest absolute Gasteiger partial charge is 0.229 e. The van der Waals surface area contributed by atoms with Crippen molar-refractivity contribution in [3.63, 3.8) is 0 Å². The molecule has 94 valence electrons. The van der Waals surface area contributed by atoms with E-state index in [2.05, 4.69) is 6.92 Å². The van der Waals surface area contributed by atoms with Crippen molar-refractivity contribution in [2.24, 2.45) is 11.7 Å². The fourth-order valence-corrected chi connectivity index (χ4v) is 1.92. The van der Waals surface area contributed by atoms with Gasteiger partial charge in [0.05, 0.1) is 0 Å². The minimum absolute atomic E-state index is 0.0868. The van der Waals surface area contributed by atoms with E-state index in [4.69, 9.17) is 5.73 Å². The van der Waals surface area contributed by atoms with Gasteiger partial charge in [-0.15, -0.1) is 0 Å². The van der Waals surface area contributed by atoms with E-state index in [9.17, 15) is 4.79 Å². The highest BCUT2D eigenvalue weighted by molar-refractivity contribution is 5.94. The maximum absolute atomic E-state index is 12.3. The fraction of sp³-hybridized carbons (Fsp3) is 0.500. The van der Waals surface area contributed by atoms with E-state index < -0.39 is 0 Å². The van der Waals surface area contributed by atoms with Gasteiger partial charge in [0.15, 0.2) is 0 Å². The lowest BCUT2D eigenvalue weighted by atomic mass is 9.98. The van der Waals surface area contributed by atoms with Crippen LogP contribution in [0.4, 0.5) is 5.69 Å². The molecular weight excluding hydrogens is 212 g/mol. The number of carbonyl (C=O) groups excluding carboxylic acids is 1. The van der Waals surface area contributed by atoms with Gasteiger partial charge in [0.2, 0.25) is 5.91 Å². The van der Waals surface area contributed by atoms with Crippen molar-refractivity contribution in [2.45, 2.75) is 26.2 Å². The zero-order chi connectivity index (χ0) is 12.7. The summed E-state index contributed by atoms with van der Waals surface area (Å²) in [4.78, 5) is 14.0. The van der Waals surface area contributed by atoms with Gasteiger partial charge in [0.1, 0.15) is 0 Å². The normalized spacial score (nSPS) is 12.2. The zero-order valence-corrected chi connectivity index (χ0v) is 10.7. The van der Waals surface area contributed by atoms with Crippen molar-refractivity contribution in [3.05, 3.63) is 30.3 Å². The van der Waals surface area contributed by atoms with Crippen molar-refractivity contribution < 1.29 is 4.79 Å². The van der Waals surface area contributed by atoms with E-state index >= 15 is 0 Å². The maximum Gasteiger partial charge on any atom is 0.229 e. The van der Waals surface area contributed by atoms with Gasteiger partial charge in [-0.3, -0.25) is 4.79 Å². The Bertz CT molecular complexity index is 337. The highest BCUT2D eigenvalue weighted by Crippen LogP contribution is 2.18. The van der Waals surface area contributed by atoms with Gasteiger partial charge in [-0.25, -0.2) is 0 Å². The van der Waals surface area contributed by atoms with E-state index in [-0.39, 0.29) is 11.8 Å². The summed E-state index contributed by atoms with van der Waals surface area (Å²) in [6.07, 6.45) is 2.66. The number of nitrogens with zero attached hydrogens (tertiary/aromatic N) is 1. The average molecular weight is 234 g/mol. The first-order chi connectivity index (χ1) is 8.20. The first-order valence-electron chi connectivity index (χ1n) is 6.23. The van der Waals surface area contributed by atoms with Crippen molar-refractivity contribution in [1.82, 2.24) is 0 Å². The summed E-state index contributed by atoms with van der Waals surface area (Å²) in [5.41, 5.74) is 6.44. The number of hydrogen-bond acceptors (Lipinski definition) is 2. The molecule has 0 radical (unpaired) electrons. The molecule has 1 aromatic rings. The topological polar surface area (TPSA) is 46.3 Å². The minimum atomic E-state index is 0.0868. The van der Waals surface area contributed by atoms with E-state index in [0.29, 0.717) is 6.54 Å². The summed E-state index contributed by atoms with van der Waals surface area (Å²) >= 11 is 0. The summed E-state index contributed by atoms with van der Waals surface area (Å²) in [7, 11) is 1.84. The summed E-state index contributed by atoms with van der Waals surface area (Å²) < 4.78 is 0. The number of carbonyl (C=O) groups is 1. The lowest BCUT2D eigenvalue weighted by Crippen LogP contribution is -2.32. The number of amides is 1. The highest BCUT2D eigenvalue weighted by atomic mass is 16.2. The molecule has 17 heavy (non-hydrogen) atoms. The third kappa shape index (κ3) is 3.86. The van der Waals surface area contributed by atoms with Crippen LogP contribution >= 0.6 is 0 Å². The van der Waals surface area contributed by atoms with Crippen LogP contribution in [0.1, 0.15) is 26.2 Å². The molecule has 1 unspecified atom stereocenters. The van der Waals surface area contributed by atoms with Gasteiger partial charge < -0.3 is 10.6 Å². The first kappa shape index (κ1) is 13.7. The van der Waals surface area contributed by atoms with E-state index in [1.807, 2.05) is 37.4 Å². The van der Waals surface area contributed by atoms with Crippen LogP contribution in [0.25, 0.3) is 0 Å². The number of nitrogens with two attached hydrogens (primary N) is 1. The molecule has 0 saturated carbocycles. The van der Waals surface area contributed by atoms with Crippen LogP contribution in [0, 0.1) is 5.92 Å². The van der Waals surface area contributed by atoms with Gasteiger partial charge >= 0.3 is 0 Å². The van der Waals surface area contributed by atoms with Gasteiger partial charge in [-0.2, -0.15) is 0 Å². The molecule has 0 saturated heterocycles. The Morgan fingerprint density at radius 2 is 2.00 bits per heavy atom. The van der Waals surface area contributed by atoms with Gasteiger partial charge in [0, 0.05) is 18.7 Å². The van der Waals surface area contributed by atoms with Crippen LogP contribution in [-0.2, 0) is 4.79 Å². The number of para-hydroxylation sites is 1. The molecule has 0 aromatic heterocycles. The third-order valence-electron chi connectivity index (χ3n) is 3.07. The molecule has 3 nitrogen and oxygen atoms in total. The third-order valence-corrected chi connectivity index (χ3v) is 3.07. The fourth-order valence-electron chi connectivity index (χ4n) is 1.92. The summed E-state index contributed by atoms with van der Waals surface area (Å²) in [6, 6.07) is 9.74. The minimum Gasteiger partial charge on any atom is -0.330 e. The van der Waals surface area contributed by atoms with E-state index in [1.165, 1.54) is 0 Å². The monoisotopic (exact) mass is 234 g/mol. The predicted molar refractivity (Wildman–Crippen MR) is 71.9 cm³/mol. The Kier molecular flexibility index (Phi) is 5.70. The molecule has 0 aliphatic rings. The molecule has 1 amide bonds. The number of hydrogen-bond donors (Lipinski definition) is 1. The second kappa shape index (κ2) is 7.07. The second-order valence-corrected chi connectivity index (χ2v) is 4.27. The van der Waals surface area contributed by atoms with E-state index in [1.54, 1.807) is 4.90 Å². The molecule has 0 bridgehead atoms. The molecule has 1 atom stereocenters. The Morgan fingerprint density at radius 3 is 2.53 bits per heavy atom. The van der Waals surface area contributed by atoms with Crippen LogP contribution in [-0.4, -0.2) is 19.5 Å². The van der Waals surface area contributed by atoms with E-state index in [0.717, 1.165) is 24.9 Å². The van der Waals surface area contributed by atoms with Crippen molar-refractivity contribution in [1.29, 1.82) is 0 Å². The summed E-state index contributed by atoms with van der Waals surface area (Å²) in [5.74, 6) is 0.274. The molecule has 1 rings (SSSR count). The predicted octanol–water partition coefficient (Wildman–Crippen LogP) is 2.41. The maximum atomic E-state index is 12.3. The van der Waals surface area contributed by atoms with Crippen molar-refractivity contribution in [2.75, 3.05) is 18.5 Å². The second-order valence-electron chi connectivity index (χ2n) is 4.27. The molecule has 3 heteroatoms. The lowest BCUT2D eigenvalue weighted by Gasteiger charge is -2.23. The molecule has 1 aromatic carbocycles. The molecule has 2 N–H and O–H groups in total. The van der Waals surface area contributed by atoms with Crippen molar-refractivity contribution in [3.8, 4) is 0 Å². The summed E-state index contributed by atoms with van der Waals surface area (Å²) in [6.45, 7) is 2.71. The molecule has 0 fully saturated rings. The van der Waals surface area contributed by atoms with Crippen molar-refractivity contribution >= 4 is 11.6 Å². The Balaban J connectivity index is 2.67.